The summed E-state index contributed by atoms with van der Waals surface area (Å²) in [5, 5.41) is 0.539. The molecule has 0 spiro atoms. The summed E-state index contributed by atoms with van der Waals surface area (Å²) in [5.74, 6) is 1.18. The normalized spacial score (nSPS) is 20.4. The highest BCUT2D eigenvalue weighted by molar-refractivity contribution is 9.10. The van der Waals surface area contributed by atoms with Gasteiger partial charge in [0, 0.05) is 28.6 Å². The van der Waals surface area contributed by atoms with Gasteiger partial charge in [-0.25, -0.2) is 0 Å². The maximum atomic E-state index is 12.4. The Bertz CT molecular complexity index is 435. The highest BCUT2D eigenvalue weighted by Crippen LogP contribution is 2.23. The van der Waals surface area contributed by atoms with E-state index in [1.54, 1.807) is 0 Å². The molecular formula is C13H16BrNOS. The molecule has 0 saturated carbocycles. The Morgan fingerprint density at radius 2 is 2.29 bits per heavy atom. The van der Waals surface area contributed by atoms with E-state index in [0.717, 1.165) is 34.4 Å². The summed E-state index contributed by atoms with van der Waals surface area (Å²) >= 11 is 5.41. The van der Waals surface area contributed by atoms with Crippen molar-refractivity contribution in [1.29, 1.82) is 0 Å². The lowest BCUT2D eigenvalue weighted by molar-refractivity contribution is 0.0762. The maximum Gasteiger partial charge on any atom is 0.255 e. The van der Waals surface area contributed by atoms with Crippen LogP contribution in [0.1, 0.15) is 22.8 Å². The van der Waals surface area contributed by atoms with Crippen LogP contribution in [-0.2, 0) is 0 Å². The summed E-state index contributed by atoms with van der Waals surface area (Å²) < 4.78 is 0.897. The Labute approximate surface area is 115 Å². The summed E-state index contributed by atoms with van der Waals surface area (Å²) in [7, 11) is 0. The number of nitrogens with zero attached hydrogens (tertiary/aromatic N) is 1. The number of rotatable bonds is 1. The number of aryl methyl sites for hydroxylation is 1. The van der Waals surface area contributed by atoms with Crippen LogP contribution in [0.4, 0.5) is 0 Å². The molecular weight excluding hydrogens is 298 g/mol. The second-order valence-electron chi connectivity index (χ2n) is 4.42. The minimum absolute atomic E-state index is 0.143. The highest BCUT2D eigenvalue weighted by Gasteiger charge is 2.23. The molecule has 1 atom stereocenters. The van der Waals surface area contributed by atoms with Gasteiger partial charge in [0.15, 0.2) is 0 Å². The molecule has 0 aromatic heterocycles. The van der Waals surface area contributed by atoms with Crippen molar-refractivity contribution in [3.8, 4) is 0 Å². The standard InChI is InChI=1S/C13H16BrNOS/c1-9-3-4-11(12(14)7-9)13(16)15-5-6-17-10(2)8-15/h3-4,7,10H,5-6,8H2,1-2H3. The van der Waals surface area contributed by atoms with Gasteiger partial charge in [0.1, 0.15) is 0 Å². The first-order chi connectivity index (χ1) is 8.08. The van der Waals surface area contributed by atoms with E-state index < -0.39 is 0 Å². The number of halogens is 1. The van der Waals surface area contributed by atoms with Crippen molar-refractivity contribution < 1.29 is 4.79 Å². The summed E-state index contributed by atoms with van der Waals surface area (Å²) in [4.78, 5) is 14.3. The van der Waals surface area contributed by atoms with Gasteiger partial charge in [0.05, 0.1) is 5.56 Å². The summed E-state index contributed by atoms with van der Waals surface area (Å²) in [6.07, 6.45) is 0. The Balaban J connectivity index is 2.18. The van der Waals surface area contributed by atoms with Crippen LogP contribution in [0.15, 0.2) is 22.7 Å². The average molecular weight is 314 g/mol. The van der Waals surface area contributed by atoms with E-state index in [9.17, 15) is 4.79 Å². The molecule has 0 N–H and O–H groups in total. The van der Waals surface area contributed by atoms with E-state index in [1.807, 2.05) is 41.8 Å². The fourth-order valence-electron chi connectivity index (χ4n) is 1.97. The zero-order valence-corrected chi connectivity index (χ0v) is 12.5. The van der Waals surface area contributed by atoms with E-state index in [2.05, 4.69) is 22.9 Å². The van der Waals surface area contributed by atoms with Gasteiger partial charge >= 0.3 is 0 Å². The molecule has 4 heteroatoms. The van der Waals surface area contributed by atoms with Crippen molar-refractivity contribution in [1.82, 2.24) is 4.90 Å². The van der Waals surface area contributed by atoms with Gasteiger partial charge in [-0.3, -0.25) is 4.79 Å². The van der Waals surface area contributed by atoms with Crippen LogP contribution in [0, 0.1) is 6.92 Å². The molecule has 1 unspecified atom stereocenters. The molecule has 1 saturated heterocycles. The summed E-state index contributed by atoms with van der Waals surface area (Å²) in [5.41, 5.74) is 1.94. The number of hydrogen-bond donors (Lipinski definition) is 0. The zero-order valence-electron chi connectivity index (χ0n) is 10.1. The molecule has 1 amide bonds. The second kappa shape index (κ2) is 5.44. The molecule has 1 heterocycles. The molecule has 0 radical (unpaired) electrons. The molecule has 17 heavy (non-hydrogen) atoms. The Kier molecular flexibility index (Phi) is 4.15. The molecule has 0 bridgehead atoms. The predicted octanol–water partition coefficient (Wildman–Crippen LogP) is 3.34. The molecule has 1 fully saturated rings. The van der Waals surface area contributed by atoms with Crippen molar-refractivity contribution in [3.05, 3.63) is 33.8 Å². The number of thioether (sulfide) groups is 1. The van der Waals surface area contributed by atoms with Crippen LogP contribution in [0.25, 0.3) is 0 Å². The fraction of sp³-hybridized carbons (Fsp3) is 0.462. The molecule has 1 aromatic carbocycles. The van der Waals surface area contributed by atoms with Crippen LogP contribution in [0.3, 0.4) is 0 Å². The lowest BCUT2D eigenvalue weighted by Crippen LogP contribution is -2.41. The quantitative estimate of drug-likeness (QED) is 0.792. The first-order valence-corrected chi connectivity index (χ1v) is 7.59. The van der Waals surface area contributed by atoms with E-state index in [0.29, 0.717) is 5.25 Å². The zero-order chi connectivity index (χ0) is 12.4. The third kappa shape index (κ3) is 3.05. The molecule has 1 aromatic rings. The number of amides is 1. The van der Waals surface area contributed by atoms with Gasteiger partial charge in [-0.2, -0.15) is 11.8 Å². The van der Waals surface area contributed by atoms with Gasteiger partial charge in [-0.1, -0.05) is 13.0 Å². The lowest BCUT2D eigenvalue weighted by Gasteiger charge is -2.30. The van der Waals surface area contributed by atoms with Crippen molar-refractivity contribution >= 4 is 33.6 Å². The minimum atomic E-state index is 0.143. The van der Waals surface area contributed by atoms with Crippen LogP contribution in [-0.4, -0.2) is 34.9 Å². The van der Waals surface area contributed by atoms with Gasteiger partial charge in [-0.15, -0.1) is 0 Å². The van der Waals surface area contributed by atoms with E-state index >= 15 is 0 Å². The van der Waals surface area contributed by atoms with Crippen LogP contribution >= 0.6 is 27.7 Å². The summed E-state index contributed by atoms with van der Waals surface area (Å²) in [6.45, 7) is 5.91. The van der Waals surface area contributed by atoms with Crippen molar-refractivity contribution in [3.63, 3.8) is 0 Å². The number of carbonyl (C=O) groups is 1. The minimum Gasteiger partial charge on any atom is -0.337 e. The van der Waals surface area contributed by atoms with Crippen molar-refractivity contribution in [2.24, 2.45) is 0 Å². The van der Waals surface area contributed by atoms with E-state index in [4.69, 9.17) is 0 Å². The average Bonchev–Trinajstić information content (AvgIpc) is 2.28. The molecule has 1 aliphatic rings. The first kappa shape index (κ1) is 13.0. The van der Waals surface area contributed by atoms with E-state index in [-0.39, 0.29) is 5.91 Å². The molecule has 2 nitrogen and oxygen atoms in total. The monoisotopic (exact) mass is 313 g/mol. The third-order valence-electron chi connectivity index (χ3n) is 2.88. The van der Waals surface area contributed by atoms with Gasteiger partial charge in [-0.05, 0) is 40.5 Å². The largest absolute Gasteiger partial charge is 0.337 e. The topological polar surface area (TPSA) is 20.3 Å². The van der Waals surface area contributed by atoms with Gasteiger partial charge < -0.3 is 4.90 Å². The fourth-order valence-corrected chi connectivity index (χ4v) is 3.64. The van der Waals surface area contributed by atoms with Crippen LogP contribution in [0.5, 0.6) is 0 Å². The SMILES string of the molecule is Cc1ccc(C(=O)N2CCSC(C)C2)c(Br)c1. The van der Waals surface area contributed by atoms with Crippen LogP contribution in [0.2, 0.25) is 0 Å². The third-order valence-corrected chi connectivity index (χ3v) is 4.68. The predicted molar refractivity (Wildman–Crippen MR) is 76.7 cm³/mol. The summed E-state index contributed by atoms with van der Waals surface area (Å²) in [6, 6.07) is 5.89. The second-order valence-corrected chi connectivity index (χ2v) is 6.82. The Hall–Kier alpha value is -0.480. The Morgan fingerprint density at radius 3 is 2.94 bits per heavy atom. The maximum absolute atomic E-state index is 12.4. The Morgan fingerprint density at radius 1 is 1.53 bits per heavy atom. The molecule has 92 valence electrons. The van der Waals surface area contributed by atoms with Crippen LogP contribution < -0.4 is 0 Å². The van der Waals surface area contributed by atoms with Gasteiger partial charge in [0.2, 0.25) is 0 Å². The number of hydrogen-bond acceptors (Lipinski definition) is 2. The lowest BCUT2D eigenvalue weighted by atomic mass is 10.1. The van der Waals surface area contributed by atoms with Crippen molar-refractivity contribution in [2.45, 2.75) is 19.1 Å². The first-order valence-electron chi connectivity index (χ1n) is 5.75. The highest BCUT2D eigenvalue weighted by atomic mass is 79.9. The van der Waals surface area contributed by atoms with Crippen molar-refractivity contribution in [2.75, 3.05) is 18.8 Å². The number of benzene rings is 1. The van der Waals surface area contributed by atoms with Gasteiger partial charge in [0.25, 0.3) is 5.91 Å². The molecule has 2 rings (SSSR count). The molecule has 1 aliphatic heterocycles. The smallest absolute Gasteiger partial charge is 0.255 e. The number of carbonyl (C=O) groups excluding carboxylic acids is 1. The molecule has 0 aliphatic carbocycles. The van der Waals surface area contributed by atoms with E-state index in [1.165, 1.54) is 0 Å².